The van der Waals surface area contributed by atoms with Gasteiger partial charge in [-0.3, -0.25) is 4.79 Å². The summed E-state index contributed by atoms with van der Waals surface area (Å²) in [6.45, 7) is 1.95. The smallest absolute Gasteiger partial charge is 0.254 e. The monoisotopic (exact) mass is 493 g/mol. The molecule has 4 rings (SSSR count). The largest absolute Gasteiger partial charge is 0.494 e. The number of unbranched alkanes of at least 4 members (excludes halogenated alkanes) is 2. The number of carbonyl (C=O) groups excluding carboxylic acids is 1. The molecule has 0 aliphatic carbocycles. The first-order valence-corrected chi connectivity index (χ1v) is 12.3. The zero-order valence-corrected chi connectivity index (χ0v) is 20.3. The Morgan fingerprint density at radius 2 is 1.71 bits per heavy atom. The molecule has 0 fully saturated rings. The molecule has 0 bridgehead atoms. The first-order valence-electron chi connectivity index (χ1n) is 12.0. The maximum Gasteiger partial charge on any atom is 0.254 e. The van der Waals surface area contributed by atoms with Crippen LogP contribution in [0.1, 0.15) is 41.9 Å². The summed E-state index contributed by atoms with van der Waals surface area (Å²) in [6, 6.07) is 21.6. The first-order chi connectivity index (χ1) is 17.1. The second-order valence-electron chi connectivity index (χ2n) is 8.37. The van der Waals surface area contributed by atoms with Crippen molar-refractivity contribution in [3.63, 3.8) is 0 Å². The Bertz CT molecular complexity index is 1260. The zero-order chi connectivity index (χ0) is 24.5. The van der Waals surface area contributed by atoms with Crippen LogP contribution in [-0.4, -0.2) is 28.6 Å². The van der Waals surface area contributed by atoms with E-state index in [1.54, 1.807) is 12.1 Å². The van der Waals surface area contributed by atoms with E-state index in [0.717, 1.165) is 61.3 Å². The maximum absolute atomic E-state index is 13.7. The van der Waals surface area contributed by atoms with Crippen molar-refractivity contribution in [2.45, 2.75) is 38.6 Å². The van der Waals surface area contributed by atoms with Crippen LogP contribution in [0.4, 0.5) is 4.39 Å². The van der Waals surface area contributed by atoms with Crippen molar-refractivity contribution in [1.82, 2.24) is 14.9 Å². The van der Waals surface area contributed by atoms with E-state index in [4.69, 9.17) is 21.3 Å². The molecule has 0 aliphatic rings. The minimum Gasteiger partial charge on any atom is -0.494 e. The number of aryl methyl sites for hydroxylation is 2. The third-order valence-corrected chi connectivity index (χ3v) is 6.08. The number of nitrogens with zero attached hydrogens (tertiary/aromatic N) is 2. The Balaban J connectivity index is 1.24. The third kappa shape index (κ3) is 6.83. The van der Waals surface area contributed by atoms with Gasteiger partial charge in [-0.25, -0.2) is 9.37 Å². The predicted molar refractivity (Wildman–Crippen MR) is 138 cm³/mol. The van der Waals surface area contributed by atoms with E-state index >= 15 is 0 Å². The lowest BCUT2D eigenvalue weighted by Gasteiger charge is -2.11. The lowest BCUT2D eigenvalue weighted by molar-refractivity contribution is 0.0949. The average molecular weight is 494 g/mol. The van der Waals surface area contributed by atoms with Crippen molar-refractivity contribution in [3.8, 4) is 5.75 Å². The van der Waals surface area contributed by atoms with E-state index in [-0.39, 0.29) is 11.5 Å². The number of hydrogen-bond donors (Lipinski definition) is 1. The molecule has 0 aliphatic heterocycles. The minimum absolute atomic E-state index is 0.0845. The molecule has 1 amide bonds. The van der Waals surface area contributed by atoms with Gasteiger partial charge < -0.3 is 14.6 Å². The number of aromatic nitrogens is 2. The van der Waals surface area contributed by atoms with Gasteiger partial charge in [-0.05, 0) is 67.8 Å². The Kier molecular flexibility index (Phi) is 8.74. The van der Waals surface area contributed by atoms with Crippen LogP contribution >= 0.6 is 11.6 Å². The predicted octanol–water partition coefficient (Wildman–Crippen LogP) is 6.44. The van der Waals surface area contributed by atoms with Crippen molar-refractivity contribution in [2.24, 2.45) is 0 Å². The van der Waals surface area contributed by atoms with Crippen LogP contribution in [0.3, 0.4) is 0 Å². The summed E-state index contributed by atoms with van der Waals surface area (Å²) in [5, 5.41) is 3.50. The number of hydrogen-bond acceptors (Lipinski definition) is 3. The van der Waals surface area contributed by atoms with Gasteiger partial charge in [-0.15, -0.1) is 0 Å². The highest BCUT2D eigenvalue weighted by Crippen LogP contribution is 2.19. The highest BCUT2D eigenvalue weighted by Gasteiger charge is 2.11. The van der Waals surface area contributed by atoms with Gasteiger partial charge in [0.15, 0.2) is 0 Å². The van der Waals surface area contributed by atoms with Crippen LogP contribution in [0.5, 0.6) is 5.75 Å². The number of imidazole rings is 1. The summed E-state index contributed by atoms with van der Waals surface area (Å²) in [7, 11) is 0. The summed E-state index contributed by atoms with van der Waals surface area (Å²) < 4.78 is 21.8. The maximum atomic E-state index is 13.7. The molecule has 1 N–H and O–H groups in total. The Hall–Kier alpha value is -3.38. The molecule has 0 saturated heterocycles. The highest BCUT2D eigenvalue weighted by atomic mass is 35.5. The lowest BCUT2D eigenvalue weighted by Crippen LogP contribution is -2.25. The topological polar surface area (TPSA) is 56.2 Å². The molecular weight excluding hydrogens is 465 g/mol. The van der Waals surface area contributed by atoms with Gasteiger partial charge >= 0.3 is 0 Å². The molecule has 4 aromatic rings. The van der Waals surface area contributed by atoms with E-state index in [1.165, 1.54) is 12.1 Å². The molecule has 35 heavy (non-hydrogen) atoms. The summed E-state index contributed by atoms with van der Waals surface area (Å²) >= 11 is 5.93. The Morgan fingerprint density at radius 1 is 0.943 bits per heavy atom. The van der Waals surface area contributed by atoms with Crippen LogP contribution in [0.25, 0.3) is 11.0 Å². The second-order valence-corrected chi connectivity index (χ2v) is 8.81. The molecular formula is C28H29ClFN3O2. The molecule has 3 aromatic carbocycles. The molecule has 0 spiro atoms. The van der Waals surface area contributed by atoms with Gasteiger partial charge in [-0.2, -0.15) is 0 Å². The Morgan fingerprint density at radius 3 is 2.54 bits per heavy atom. The van der Waals surface area contributed by atoms with E-state index in [2.05, 4.69) is 16.0 Å². The molecule has 5 nitrogen and oxygen atoms in total. The number of halogens is 2. The SMILES string of the molecule is O=C(NCCCCCc1nc2ccccc2n1CCCOc1ccc(Cl)cc1)c1ccccc1F. The molecule has 0 radical (unpaired) electrons. The van der Waals surface area contributed by atoms with Gasteiger partial charge in [0.2, 0.25) is 0 Å². The van der Waals surface area contributed by atoms with Gasteiger partial charge in [0, 0.05) is 24.5 Å². The molecule has 0 unspecified atom stereocenters. The standard InChI is InChI=1S/C28H29ClFN3O2/c29-21-14-16-22(17-15-21)35-20-8-19-33-26-12-6-5-11-25(26)32-27(33)13-2-1-7-18-31-28(34)23-9-3-4-10-24(23)30/h3-6,9-12,14-17H,1-2,7-8,13,18-20H2,(H,31,34). The number of ether oxygens (including phenoxy) is 1. The van der Waals surface area contributed by atoms with Crippen molar-refractivity contribution in [1.29, 1.82) is 0 Å². The number of benzene rings is 3. The summed E-state index contributed by atoms with van der Waals surface area (Å²) in [6.07, 6.45) is 4.45. The molecule has 0 atom stereocenters. The number of amides is 1. The second kappa shape index (κ2) is 12.4. The van der Waals surface area contributed by atoms with Gasteiger partial charge in [0.05, 0.1) is 23.2 Å². The quantitative estimate of drug-likeness (QED) is 0.231. The molecule has 182 valence electrons. The summed E-state index contributed by atoms with van der Waals surface area (Å²) in [5.74, 6) is 1.01. The van der Waals surface area contributed by atoms with Gasteiger partial charge in [0.1, 0.15) is 17.4 Å². The van der Waals surface area contributed by atoms with Crippen molar-refractivity contribution in [3.05, 3.63) is 95.0 Å². The van der Waals surface area contributed by atoms with Gasteiger partial charge in [-0.1, -0.05) is 42.3 Å². The number of carbonyl (C=O) groups is 1. The molecule has 1 heterocycles. The van der Waals surface area contributed by atoms with Crippen LogP contribution in [0, 0.1) is 5.82 Å². The number of fused-ring (bicyclic) bond motifs is 1. The fourth-order valence-corrected chi connectivity index (χ4v) is 4.16. The molecule has 1 aromatic heterocycles. The third-order valence-electron chi connectivity index (χ3n) is 5.82. The molecule has 0 saturated carbocycles. The van der Waals surface area contributed by atoms with E-state index in [0.29, 0.717) is 18.2 Å². The Labute approximate surface area is 209 Å². The summed E-state index contributed by atoms with van der Waals surface area (Å²) in [4.78, 5) is 17.0. The average Bonchev–Trinajstić information content (AvgIpc) is 3.22. The van der Waals surface area contributed by atoms with E-state index in [9.17, 15) is 9.18 Å². The van der Waals surface area contributed by atoms with Gasteiger partial charge in [0.25, 0.3) is 5.91 Å². The fraction of sp³-hybridized carbons (Fsp3) is 0.286. The lowest BCUT2D eigenvalue weighted by atomic mass is 10.1. The number of nitrogens with one attached hydrogen (secondary N) is 1. The van der Waals surface area contributed by atoms with Crippen LogP contribution in [0.15, 0.2) is 72.8 Å². The first kappa shape index (κ1) is 24.7. The van der Waals surface area contributed by atoms with Crippen LogP contribution < -0.4 is 10.1 Å². The molecule has 7 heteroatoms. The normalized spacial score (nSPS) is 11.0. The van der Waals surface area contributed by atoms with Crippen molar-refractivity contribution < 1.29 is 13.9 Å². The van der Waals surface area contributed by atoms with E-state index in [1.807, 2.05) is 42.5 Å². The highest BCUT2D eigenvalue weighted by molar-refractivity contribution is 6.30. The fourth-order valence-electron chi connectivity index (χ4n) is 4.04. The number of para-hydroxylation sites is 2. The van der Waals surface area contributed by atoms with Crippen molar-refractivity contribution >= 4 is 28.5 Å². The van der Waals surface area contributed by atoms with Crippen molar-refractivity contribution in [2.75, 3.05) is 13.2 Å². The van der Waals surface area contributed by atoms with E-state index < -0.39 is 5.82 Å². The number of rotatable bonds is 12. The zero-order valence-electron chi connectivity index (χ0n) is 19.6. The minimum atomic E-state index is -0.498. The van der Waals surface area contributed by atoms with Crippen LogP contribution in [0.2, 0.25) is 5.02 Å². The van der Waals surface area contributed by atoms with Crippen LogP contribution in [-0.2, 0) is 13.0 Å². The summed E-state index contributed by atoms with van der Waals surface area (Å²) in [5.41, 5.74) is 2.21.